The molecule has 0 saturated carbocycles. The van der Waals surface area contributed by atoms with Crippen molar-refractivity contribution in [1.29, 1.82) is 0 Å². The number of para-hydroxylation sites is 3. The molecule has 162 valence electrons. The summed E-state index contributed by atoms with van der Waals surface area (Å²) in [5.41, 5.74) is 1.11. The molecule has 0 aliphatic carbocycles. The van der Waals surface area contributed by atoms with Crippen LogP contribution in [0, 0.1) is 5.92 Å². The molecule has 0 radical (unpaired) electrons. The van der Waals surface area contributed by atoms with E-state index in [0.717, 1.165) is 41.8 Å². The third kappa shape index (κ3) is 4.78. The molecule has 0 bridgehead atoms. The van der Waals surface area contributed by atoms with Gasteiger partial charge in [-0.2, -0.15) is 0 Å². The van der Waals surface area contributed by atoms with Crippen LogP contribution in [0.4, 0.5) is 5.13 Å². The lowest BCUT2D eigenvalue weighted by atomic mass is 9.96. The number of thiazole rings is 1. The summed E-state index contributed by atoms with van der Waals surface area (Å²) in [4.78, 5) is 9.56. The SMILES string of the molecule is CN(CC1CCN(c2nc3ccccc3s2)CC1)C1COc2ccccc2O1.Cl.Cl. The summed E-state index contributed by atoms with van der Waals surface area (Å²) in [5, 5.41) is 1.16. The zero-order chi connectivity index (χ0) is 18.9. The van der Waals surface area contributed by atoms with E-state index in [1.54, 1.807) is 11.3 Å². The van der Waals surface area contributed by atoms with E-state index in [1.807, 2.05) is 24.3 Å². The predicted octanol–water partition coefficient (Wildman–Crippen LogP) is 5.09. The highest BCUT2D eigenvalue weighted by molar-refractivity contribution is 7.22. The fourth-order valence-corrected chi connectivity index (χ4v) is 5.07. The highest BCUT2D eigenvalue weighted by Gasteiger charge is 2.28. The van der Waals surface area contributed by atoms with Gasteiger partial charge in [-0.3, -0.25) is 4.90 Å². The number of halogens is 2. The van der Waals surface area contributed by atoms with Crippen molar-refractivity contribution in [3.63, 3.8) is 0 Å². The molecule has 5 rings (SSSR count). The third-order valence-electron chi connectivity index (χ3n) is 5.70. The van der Waals surface area contributed by atoms with Crippen LogP contribution < -0.4 is 14.4 Å². The molecule has 2 aromatic carbocycles. The number of hydrogen-bond donors (Lipinski definition) is 0. The van der Waals surface area contributed by atoms with Crippen LogP contribution in [0.2, 0.25) is 0 Å². The predicted molar refractivity (Wildman–Crippen MR) is 128 cm³/mol. The molecule has 1 aromatic heterocycles. The lowest BCUT2D eigenvalue weighted by Crippen LogP contribution is -2.46. The highest BCUT2D eigenvalue weighted by atomic mass is 35.5. The number of anilines is 1. The number of aromatic nitrogens is 1. The number of ether oxygens (including phenoxy) is 2. The van der Waals surface area contributed by atoms with Gasteiger partial charge in [0.2, 0.25) is 0 Å². The van der Waals surface area contributed by atoms with Gasteiger partial charge < -0.3 is 14.4 Å². The van der Waals surface area contributed by atoms with Gasteiger partial charge in [-0.15, -0.1) is 24.8 Å². The van der Waals surface area contributed by atoms with Gasteiger partial charge in [-0.25, -0.2) is 4.98 Å². The maximum absolute atomic E-state index is 6.14. The Morgan fingerprint density at radius 2 is 1.73 bits per heavy atom. The second-order valence-electron chi connectivity index (χ2n) is 7.66. The molecule has 2 aliphatic heterocycles. The quantitative estimate of drug-likeness (QED) is 0.534. The number of likely N-dealkylation sites (N-methyl/N-ethyl adjacent to an activating group) is 1. The van der Waals surface area contributed by atoms with E-state index in [-0.39, 0.29) is 31.0 Å². The first kappa shape index (κ1) is 22.9. The van der Waals surface area contributed by atoms with Crippen LogP contribution in [-0.2, 0) is 0 Å². The maximum Gasteiger partial charge on any atom is 0.186 e. The van der Waals surface area contributed by atoms with Gasteiger partial charge in [0.05, 0.1) is 10.2 Å². The van der Waals surface area contributed by atoms with Gasteiger partial charge in [0.1, 0.15) is 6.61 Å². The Kier molecular flexibility index (Phi) is 7.69. The summed E-state index contributed by atoms with van der Waals surface area (Å²) in [6, 6.07) is 16.3. The van der Waals surface area contributed by atoms with E-state index in [0.29, 0.717) is 12.5 Å². The minimum absolute atomic E-state index is 0. The van der Waals surface area contributed by atoms with Crippen molar-refractivity contribution in [2.75, 3.05) is 38.2 Å². The lowest BCUT2D eigenvalue weighted by molar-refractivity contribution is -0.0232. The topological polar surface area (TPSA) is 37.8 Å². The van der Waals surface area contributed by atoms with Crippen molar-refractivity contribution in [3.8, 4) is 11.5 Å². The van der Waals surface area contributed by atoms with Gasteiger partial charge in [0, 0.05) is 19.6 Å². The molecule has 1 atom stereocenters. The molecule has 30 heavy (non-hydrogen) atoms. The normalized spacial score (nSPS) is 18.7. The minimum atomic E-state index is -0.0165. The van der Waals surface area contributed by atoms with E-state index in [4.69, 9.17) is 14.5 Å². The van der Waals surface area contributed by atoms with Gasteiger partial charge in [-0.1, -0.05) is 35.6 Å². The standard InChI is InChI=1S/C22H25N3O2S.2ClH/c1-24(21-15-26-18-7-3-4-8-19(18)27-21)14-16-10-12-25(13-11-16)22-23-17-6-2-5-9-20(17)28-22;;/h2-9,16,21H,10-15H2,1H3;2*1H. The molecule has 3 aromatic rings. The summed E-state index contributed by atoms with van der Waals surface area (Å²) in [6.07, 6.45) is 2.35. The smallest absolute Gasteiger partial charge is 0.186 e. The Bertz CT molecular complexity index is 929. The third-order valence-corrected chi connectivity index (χ3v) is 6.80. The fraction of sp³-hybridized carbons (Fsp3) is 0.409. The average molecular weight is 468 g/mol. The van der Waals surface area contributed by atoms with Crippen LogP contribution in [0.5, 0.6) is 11.5 Å². The van der Waals surface area contributed by atoms with E-state index in [1.165, 1.54) is 17.5 Å². The Morgan fingerprint density at radius 3 is 2.50 bits per heavy atom. The first-order valence-electron chi connectivity index (χ1n) is 9.95. The molecule has 0 spiro atoms. The zero-order valence-electron chi connectivity index (χ0n) is 16.9. The van der Waals surface area contributed by atoms with Crippen LogP contribution in [0.3, 0.4) is 0 Å². The first-order chi connectivity index (χ1) is 13.8. The number of piperidine rings is 1. The van der Waals surface area contributed by atoms with Crippen LogP contribution in [0.25, 0.3) is 10.2 Å². The summed E-state index contributed by atoms with van der Waals surface area (Å²) >= 11 is 1.80. The molecule has 8 heteroatoms. The van der Waals surface area contributed by atoms with Crippen molar-refractivity contribution < 1.29 is 9.47 Å². The Labute approximate surface area is 193 Å². The monoisotopic (exact) mass is 467 g/mol. The lowest BCUT2D eigenvalue weighted by Gasteiger charge is -2.37. The van der Waals surface area contributed by atoms with Gasteiger partial charge in [-0.05, 0) is 50.1 Å². The largest absolute Gasteiger partial charge is 0.484 e. The van der Waals surface area contributed by atoms with Gasteiger partial charge in [0.25, 0.3) is 0 Å². The van der Waals surface area contributed by atoms with Crippen LogP contribution in [0.15, 0.2) is 48.5 Å². The summed E-state index contributed by atoms with van der Waals surface area (Å²) in [5.74, 6) is 2.36. The molecule has 0 amide bonds. The number of benzene rings is 2. The van der Waals surface area contributed by atoms with Crippen molar-refractivity contribution in [2.24, 2.45) is 5.92 Å². The number of rotatable bonds is 4. The van der Waals surface area contributed by atoms with E-state index in [2.05, 4.69) is 41.1 Å². The van der Waals surface area contributed by atoms with Crippen molar-refractivity contribution in [1.82, 2.24) is 9.88 Å². The highest BCUT2D eigenvalue weighted by Crippen LogP contribution is 2.33. The number of nitrogens with zero attached hydrogens (tertiary/aromatic N) is 3. The summed E-state index contributed by atoms with van der Waals surface area (Å²) in [7, 11) is 2.14. The Morgan fingerprint density at radius 1 is 1.03 bits per heavy atom. The van der Waals surface area contributed by atoms with Crippen molar-refractivity contribution in [2.45, 2.75) is 19.1 Å². The first-order valence-corrected chi connectivity index (χ1v) is 10.8. The van der Waals surface area contributed by atoms with Gasteiger partial charge >= 0.3 is 0 Å². The molecule has 1 fully saturated rings. The minimum Gasteiger partial charge on any atom is -0.484 e. The Balaban J connectivity index is 0.00000128. The van der Waals surface area contributed by atoms with Crippen LogP contribution in [-0.4, -0.2) is 49.4 Å². The molecule has 1 saturated heterocycles. The van der Waals surface area contributed by atoms with Crippen LogP contribution in [0.1, 0.15) is 12.8 Å². The molecular weight excluding hydrogens is 441 g/mol. The van der Waals surface area contributed by atoms with Crippen molar-refractivity contribution >= 4 is 51.5 Å². The molecule has 1 unspecified atom stereocenters. The number of fused-ring (bicyclic) bond motifs is 2. The number of hydrogen-bond acceptors (Lipinski definition) is 6. The summed E-state index contributed by atoms with van der Waals surface area (Å²) in [6.45, 7) is 3.76. The van der Waals surface area contributed by atoms with E-state index >= 15 is 0 Å². The van der Waals surface area contributed by atoms with Crippen molar-refractivity contribution in [3.05, 3.63) is 48.5 Å². The molecule has 0 N–H and O–H groups in total. The molecule has 5 nitrogen and oxygen atoms in total. The average Bonchev–Trinajstić information content (AvgIpc) is 3.18. The zero-order valence-corrected chi connectivity index (χ0v) is 19.3. The fourth-order valence-electron chi connectivity index (χ4n) is 4.05. The summed E-state index contributed by atoms with van der Waals surface area (Å²) < 4.78 is 13.3. The van der Waals surface area contributed by atoms with Crippen LogP contribution >= 0.6 is 36.2 Å². The van der Waals surface area contributed by atoms with E-state index < -0.39 is 0 Å². The van der Waals surface area contributed by atoms with Gasteiger partial charge in [0.15, 0.2) is 22.9 Å². The second kappa shape index (κ2) is 10.1. The Hall–Kier alpha value is -1.73. The maximum atomic E-state index is 6.14. The molecular formula is C22H27Cl2N3O2S. The molecule has 3 heterocycles. The van der Waals surface area contributed by atoms with E-state index in [9.17, 15) is 0 Å². The molecule has 2 aliphatic rings. The second-order valence-corrected chi connectivity index (χ2v) is 8.67.